The van der Waals surface area contributed by atoms with Crippen molar-refractivity contribution in [2.45, 2.75) is 14.7 Å². The van der Waals surface area contributed by atoms with Crippen molar-refractivity contribution in [3.8, 4) is 11.5 Å². The van der Waals surface area contributed by atoms with Gasteiger partial charge in [0, 0.05) is 5.69 Å². The molecule has 0 heterocycles. The van der Waals surface area contributed by atoms with Crippen LogP contribution in [0.1, 0.15) is 0 Å². The lowest BCUT2D eigenvalue weighted by atomic mass is 10.3. The second-order valence-electron chi connectivity index (χ2n) is 4.78. The molecule has 2 aromatic carbocycles. The lowest BCUT2D eigenvalue weighted by Gasteiger charge is -2.18. The Morgan fingerprint density at radius 2 is 1.15 bits per heavy atom. The molecule has 14 heteroatoms. The first kappa shape index (κ1) is 20.1. The first-order valence-corrected chi connectivity index (χ1v) is 10.5. The lowest BCUT2D eigenvalue weighted by Crippen LogP contribution is -2.07. The molecule has 0 aliphatic heterocycles. The molecule has 0 unspecified atom stereocenters. The van der Waals surface area contributed by atoms with Gasteiger partial charge in [-0.3, -0.25) is 0 Å². The van der Waals surface area contributed by atoms with Gasteiger partial charge in [0.2, 0.25) is 0 Å². The van der Waals surface area contributed by atoms with Gasteiger partial charge in [0.25, 0.3) is 0 Å². The molecule has 0 spiro atoms. The summed E-state index contributed by atoms with van der Waals surface area (Å²) < 4.78 is 106. The van der Waals surface area contributed by atoms with Crippen LogP contribution in [0, 0.1) is 0 Å². The maximum Gasteiger partial charge on any atom is 0.145 e. The fraction of sp³-hybridized carbons (Fsp3) is 0. The topological polar surface area (TPSA) is 207 Å². The number of anilines is 1. The monoisotopic (exact) mass is 422 g/mol. The number of hydrogen-bond donors (Lipinski definition) is 1. The summed E-state index contributed by atoms with van der Waals surface area (Å²) in [5.74, 6) is -1.45. The van der Waals surface area contributed by atoms with Crippen molar-refractivity contribution in [1.82, 2.24) is 0 Å². The quantitative estimate of drug-likeness (QED) is 0.491. The van der Waals surface area contributed by atoms with E-state index < -0.39 is 56.5 Å². The van der Waals surface area contributed by atoms with Gasteiger partial charge in [-0.1, -0.05) is 0 Å². The normalized spacial score (nSPS) is 12.7. The summed E-state index contributed by atoms with van der Waals surface area (Å²) in [4.78, 5) is -3.19. The van der Waals surface area contributed by atoms with Crippen molar-refractivity contribution in [3.63, 3.8) is 0 Å². The Labute approximate surface area is 148 Å². The Balaban J connectivity index is 2.69. The van der Waals surface area contributed by atoms with Gasteiger partial charge in [-0.2, -0.15) is 0 Å². The maximum atomic E-state index is 11.3. The van der Waals surface area contributed by atoms with E-state index in [1.165, 1.54) is 0 Å². The van der Waals surface area contributed by atoms with Crippen LogP contribution in [0.3, 0.4) is 0 Å². The molecule has 11 nitrogen and oxygen atoms in total. The summed E-state index contributed by atoms with van der Waals surface area (Å²) in [6.45, 7) is 0. The Kier molecular flexibility index (Phi) is 5.02. The molecule has 0 aliphatic rings. The predicted octanol–water partition coefficient (Wildman–Crippen LogP) is -0.227. The minimum Gasteiger partial charge on any atom is -0.744 e. The van der Waals surface area contributed by atoms with Crippen LogP contribution < -0.4 is 10.5 Å². The zero-order valence-electron chi connectivity index (χ0n) is 12.3. The Morgan fingerprint density at radius 3 is 1.62 bits per heavy atom. The van der Waals surface area contributed by atoms with Crippen LogP contribution in [-0.2, 0) is 30.4 Å². The van der Waals surface area contributed by atoms with E-state index in [9.17, 15) is 38.9 Å². The second kappa shape index (κ2) is 6.49. The first-order chi connectivity index (χ1) is 11.7. The van der Waals surface area contributed by atoms with Crippen molar-refractivity contribution in [2.24, 2.45) is 0 Å². The minimum absolute atomic E-state index is 0.115. The van der Waals surface area contributed by atoms with Crippen LogP contribution in [0.5, 0.6) is 11.5 Å². The predicted molar refractivity (Wildman–Crippen MR) is 81.3 cm³/mol. The van der Waals surface area contributed by atoms with E-state index in [-0.39, 0.29) is 11.8 Å². The van der Waals surface area contributed by atoms with Gasteiger partial charge in [0.1, 0.15) is 41.9 Å². The average molecular weight is 422 g/mol. The molecule has 0 radical (unpaired) electrons. The van der Waals surface area contributed by atoms with Gasteiger partial charge in [0.05, 0.1) is 14.7 Å². The van der Waals surface area contributed by atoms with Crippen molar-refractivity contribution >= 4 is 36.0 Å². The molecule has 0 amide bonds. The summed E-state index contributed by atoms with van der Waals surface area (Å²) in [7, 11) is -15.5. The molecule has 142 valence electrons. The number of hydrogen-bond acceptors (Lipinski definition) is 11. The largest absolute Gasteiger partial charge is 0.744 e. The molecule has 0 saturated carbocycles. The van der Waals surface area contributed by atoms with Crippen molar-refractivity contribution in [2.75, 3.05) is 5.73 Å². The van der Waals surface area contributed by atoms with E-state index in [0.717, 1.165) is 18.2 Å². The third-order valence-electron chi connectivity index (χ3n) is 2.93. The summed E-state index contributed by atoms with van der Waals surface area (Å²) in [5, 5.41) is 0. The molecule has 0 bridgehead atoms. The zero-order valence-corrected chi connectivity index (χ0v) is 14.8. The molecule has 2 N–H and O–H groups in total. The van der Waals surface area contributed by atoms with Crippen LogP contribution >= 0.6 is 0 Å². The van der Waals surface area contributed by atoms with Crippen molar-refractivity contribution in [1.29, 1.82) is 0 Å². The van der Waals surface area contributed by atoms with E-state index in [1.54, 1.807) is 0 Å². The molecule has 0 aromatic heterocycles. The summed E-state index contributed by atoms with van der Waals surface area (Å²) in [6.07, 6.45) is 0. The van der Waals surface area contributed by atoms with Crippen LogP contribution in [0.15, 0.2) is 51.1 Å². The molecular weight excluding hydrogens is 414 g/mol. The number of ether oxygens (including phenoxy) is 1. The van der Waals surface area contributed by atoms with Crippen LogP contribution in [0.25, 0.3) is 0 Å². The van der Waals surface area contributed by atoms with Crippen LogP contribution in [-0.4, -0.2) is 38.9 Å². The second-order valence-corrected chi connectivity index (χ2v) is 8.85. The average Bonchev–Trinajstić information content (AvgIpc) is 2.46. The van der Waals surface area contributed by atoms with Gasteiger partial charge in [-0.25, -0.2) is 25.3 Å². The third-order valence-corrected chi connectivity index (χ3v) is 5.48. The molecule has 0 saturated heterocycles. The molecule has 26 heavy (non-hydrogen) atoms. The Bertz CT molecular complexity index is 1180. The van der Waals surface area contributed by atoms with E-state index in [2.05, 4.69) is 0 Å². The molecule has 0 fully saturated rings. The number of rotatable bonds is 5. The van der Waals surface area contributed by atoms with E-state index >= 15 is 0 Å². The van der Waals surface area contributed by atoms with Crippen LogP contribution in [0.4, 0.5) is 5.69 Å². The third kappa shape index (κ3) is 4.48. The maximum absolute atomic E-state index is 11.3. The van der Waals surface area contributed by atoms with E-state index in [0.29, 0.717) is 12.1 Å². The SMILES string of the molecule is Nc1ccc(Oc2ccc(S(=O)(=O)[O-])cc2S(=O)(=O)[O-])c(S(=O)(=O)[O-])c1. The number of nitrogens with two attached hydrogens (primary N) is 1. The summed E-state index contributed by atoms with van der Waals surface area (Å²) in [5.41, 5.74) is 5.26. The highest BCUT2D eigenvalue weighted by Gasteiger charge is 2.18. The van der Waals surface area contributed by atoms with E-state index in [1.807, 2.05) is 0 Å². The highest BCUT2D eigenvalue weighted by molar-refractivity contribution is 7.86. The van der Waals surface area contributed by atoms with Gasteiger partial charge in [-0.15, -0.1) is 0 Å². The van der Waals surface area contributed by atoms with Gasteiger partial charge in [-0.05, 0) is 36.4 Å². The van der Waals surface area contributed by atoms with Crippen molar-refractivity contribution < 1.29 is 43.6 Å². The Hall–Kier alpha value is -2.23. The molecule has 2 rings (SSSR count). The fourth-order valence-electron chi connectivity index (χ4n) is 1.85. The molecule has 0 aliphatic carbocycles. The highest BCUT2D eigenvalue weighted by Crippen LogP contribution is 2.34. The number of nitrogen functional groups attached to an aromatic ring is 1. The van der Waals surface area contributed by atoms with Gasteiger partial charge in [0.15, 0.2) is 0 Å². The summed E-state index contributed by atoms with van der Waals surface area (Å²) in [6, 6.07) is 4.38. The molecular formula is C12H8NO10S3-3. The van der Waals surface area contributed by atoms with E-state index in [4.69, 9.17) is 10.5 Å². The smallest absolute Gasteiger partial charge is 0.145 e. The molecule has 2 aromatic rings. The standard InChI is InChI=1S/C12H11NO10S3/c13-7-1-3-9(11(5-7)25(17,18)19)23-10-4-2-8(24(14,15)16)6-12(10)26(20,21)22/h1-6H,13H2,(H,14,15,16)(H,17,18,19)(H,20,21,22)/p-3. The van der Waals surface area contributed by atoms with Crippen LogP contribution in [0.2, 0.25) is 0 Å². The fourth-order valence-corrected chi connectivity index (χ4v) is 3.68. The van der Waals surface area contributed by atoms with Gasteiger partial charge < -0.3 is 24.1 Å². The lowest BCUT2D eigenvalue weighted by molar-refractivity contribution is 0.425. The number of benzene rings is 2. The Morgan fingerprint density at radius 1 is 0.692 bits per heavy atom. The zero-order chi connectivity index (χ0) is 19.9. The summed E-state index contributed by atoms with van der Waals surface area (Å²) >= 11 is 0. The minimum atomic E-state index is -5.32. The first-order valence-electron chi connectivity index (χ1n) is 6.29. The molecule has 0 atom stereocenters. The highest BCUT2D eigenvalue weighted by atomic mass is 32.2. The van der Waals surface area contributed by atoms with Gasteiger partial charge >= 0.3 is 0 Å². The van der Waals surface area contributed by atoms with Crippen molar-refractivity contribution in [3.05, 3.63) is 36.4 Å².